The van der Waals surface area contributed by atoms with Gasteiger partial charge in [-0.05, 0) is 32.9 Å². The van der Waals surface area contributed by atoms with Gasteiger partial charge >= 0.3 is 0 Å². The molecule has 0 saturated heterocycles. The highest BCUT2D eigenvalue weighted by atomic mass is 35.5. The van der Waals surface area contributed by atoms with Crippen LogP contribution in [0, 0.1) is 0 Å². The lowest BCUT2D eigenvalue weighted by Crippen LogP contribution is -2.38. The second-order valence-electron chi connectivity index (χ2n) is 4.78. The van der Waals surface area contributed by atoms with Crippen molar-refractivity contribution in [2.75, 3.05) is 12.3 Å². The van der Waals surface area contributed by atoms with Crippen LogP contribution in [0.1, 0.15) is 20.8 Å². The summed E-state index contributed by atoms with van der Waals surface area (Å²) in [5.41, 5.74) is 0.0223. The van der Waals surface area contributed by atoms with Gasteiger partial charge in [-0.25, -0.2) is 0 Å². The molecular weight excluding hydrogens is 277 g/mol. The van der Waals surface area contributed by atoms with Gasteiger partial charge in [0, 0.05) is 17.8 Å². The number of halogens is 2. The number of rotatable bonds is 4. The molecule has 1 aromatic rings. The summed E-state index contributed by atoms with van der Waals surface area (Å²) in [6.45, 7) is 6.87. The highest BCUT2D eigenvalue weighted by Crippen LogP contribution is 2.27. The Morgan fingerprint density at radius 3 is 2.24 bits per heavy atom. The second-order valence-corrected chi connectivity index (χ2v) is 7.10. The van der Waals surface area contributed by atoms with E-state index < -0.39 is 10.8 Å². The molecule has 1 aromatic carbocycles. The molecule has 0 radical (unpaired) electrons. The molecule has 17 heavy (non-hydrogen) atoms. The molecule has 0 bridgehead atoms. The molecule has 0 saturated carbocycles. The number of hydrogen-bond donors (Lipinski definition) is 1. The molecule has 1 unspecified atom stereocenters. The molecule has 0 spiro atoms. The van der Waals surface area contributed by atoms with Crippen LogP contribution in [0.4, 0.5) is 0 Å². The molecule has 0 aromatic heterocycles. The summed E-state index contributed by atoms with van der Waals surface area (Å²) in [6.07, 6.45) is 0. The van der Waals surface area contributed by atoms with Crippen molar-refractivity contribution < 1.29 is 4.21 Å². The Balaban J connectivity index is 2.65. The molecule has 5 heteroatoms. The first kappa shape index (κ1) is 15.0. The molecular formula is C12H17Cl2NOS. The summed E-state index contributed by atoms with van der Waals surface area (Å²) in [5.74, 6) is 0.501. The van der Waals surface area contributed by atoms with Crippen molar-refractivity contribution in [3.63, 3.8) is 0 Å². The van der Waals surface area contributed by atoms with E-state index in [1.165, 1.54) is 0 Å². The highest BCUT2D eigenvalue weighted by Gasteiger charge is 2.14. The zero-order valence-corrected chi connectivity index (χ0v) is 12.5. The normalized spacial score (nSPS) is 13.7. The molecule has 0 amide bonds. The Labute approximate surface area is 115 Å². The number of benzene rings is 1. The maximum Gasteiger partial charge on any atom is 0.0760 e. The maximum atomic E-state index is 12.1. The van der Waals surface area contributed by atoms with Crippen molar-refractivity contribution in [1.29, 1.82) is 0 Å². The molecule has 0 heterocycles. The van der Waals surface area contributed by atoms with E-state index in [1.807, 2.05) is 0 Å². The lowest BCUT2D eigenvalue weighted by molar-refractivity contribution is 0.440. The zero-order valence-electron chi connectivity index (χ0n) is 10.2. The second kappa shape index (κ2) is 6.19. The van der Waals surface area contributed by atoms with Crippen molar-refractivity contribution in [3.8, 4) is 0 Å². The van der Waals surface area contributed by atoms with Gasteiger partial charge in [0.15, 0.2) is 0 Å². The topological polar surface area (TPSA) is 29.1 Å². The van der Waals surface area contributed by atoms with E-state index in [0.29, 0.717) is 27.2 Å². The molecule has 96 valence electrons. The van der Waals surface area contributed by atoms with E-state index in [0.717, 1.165) is 0 Å². The lowest BCUT2D eigenvalue weighted by atomic mass is 10.1. The molecule has 0 aliphatic rings. The number of hydrogen-bond acceptors (Lipinski definition) is 2. The van der Waals surface area contributed by atoms with Crippen LogP contribution in [0.15, 0.2) is 23.1 Å². The number of nitrogens with one attached hydrogen (secondary N) is 1. The average Bonchev–Trinajstić information content (AvgIpc) is 2.15. The Hall–Kier alpha value is -0.0900. The minimum Gasteiger partial charge on any atom is -0.311 e. The standard InChI is InChI=1S/C12H17Cl2NOS/c1-12(2,3)15-7-8-17(16)11-9(13)5-4-6-10(11)14/h4-6,15H,7-8H2,1-3H3. The lowest BCUT2D eigenvalue weighted by Gasteiger charge is -2.20. The monoisotopic (exact) mass is 293 g/mol. The molecule has 0 aliphatic carbocycles. The van der Waals surface area contributed by atoms with Gasteiger partial charge in [0.25, 0.3) is 0 Å². The fourth-order valence-electron chi connectivity index (χ4n) is 1.32. The van der Waals surface area contributed by atoms with E-state index in [2.05, 4.69) is 26.1 Å². The van der Waals surface area contributed by atoms with Crippen LogP contribution in [0.3, 0.4) is 0 Å². The Bertz CT molecular complexity index is 395. The third kappa shape index (κ3) is 4.96. The third-order valence-corrected chi connectivity index (χ3v) is 4.41. The van der Waals surface area contributed by atoms with Gasteiger partial charge in [0.1, 0.15) is 0 Å². The fraction of sp³-hybridized carbons (Fsp3) is 0.500. The van der Waals surface area contributed by atoms with Crippen molar-refractivity contribution in [2.24, 2.45) is 0 Å². The third-order valence-electron chi connectivity index (χ3n) is 2.09. The summed E-state index contributed by atoms with van der Waals surface area (Å²) in [6, 6.07) is 5.16. The fourth-order valence-corrected chi connectivity index (χ4v) is 3.30. The van der Waals surface area contributed by atoms with Crippen molar-refractivity contribution in [1.82, 2.24) is 5.32 Å². The Kier molecular flexibility index (Phi) is 5.45. The van der Waals surface area contributed by atoms with Crippen LogP contribution in [0.5, 0.6) is 0 Å². The minimum absolute atomic E-state index is 0.0223. The van der Waals surface area contributed by atoms with Gasteiger partial charge in [-0.1, -0.05) is 29.3 Å². The average molecular weight is 294 g/mol. The van der Waals surface area contributed by atoms with Gasteiger partial charge < -0.3 is 5.32 Å². The Morgan fingerprint density at radius 2 is 1.76 bits per heavy atom. The van der Waals surface area contributed by atoms with Gasteiger partial charge in [-0.3, -0.25) is 4.21 Å². The molecule has 1 rings (SSSR count). The summed E-state index contributed by atoms with van der Waals surface area (Å²) in [4.78, 5) is 0.534. The smallest absolute Gasteiger partial charge is 0.0760 e. The summed E-state index contributed by atoms with van der Waals surface area (Å²) < 4.78 is 12.1. The van der Waals surface area contributed by atoms with Crippen LogP contribution >= 0.6 is 23.2 Å². The predicted molar refractivity (Wildman–Crippen MR) is 75.5 cm³/mol. The molecule has 0 fully saturated rings. The zero-order chi connectivity index (χ0) is 13.1. The first-order valence-electron chi connectivity index (χ1n) is 5.39. The largest absolute Gasteiger partial charge is 0.311 e. The van der Waals surface area contributed by atoms with Crippen molar-refractivity contribution in [2.45, 2.75) is 31.2 Å². The molecule has 1 atom stereocenters. The summed E-state index contributed by atoms with van der Waals surface area (Å²) in [5, 5.41) is 4.21. The van der Waals surface area contributed by atoms with E-state index >= 15 is 0 Å². The molecule has 2 nitrogen and oxygen atoms in total. The van der Waals surface area contributed by atoms with Gasteiger partial charge in [-0.2, -0.15) is 0 Å². The van der Waals surface area contributed by atoms with Crippen LogP contribution < -0.4 is 5.32 Å². The Morgan fingerprint density at radius 1 is 1.24 bits per heavy atom. The van der Waals surface area contributed by atoms with E-state index in [4.69, 9.17) is 23.2 Å². The quantitative estimate of drug-likeness (QED) is 0.921. The molecule has 0 aliphatic heterocycles. The van der Waals surface area contributed by atoms with Gasteiger partial charge in [0.05, 0.1) is 25.7 Å². The van der Waals surface area contributed by atoms with E-state index in [9.17, 15) is 4.21 Å². The SMILES string of the molecule is CC(C)(C)NCCS(=O)c1c(Cl)cccc1Cl. The minimum atomic E-state index is -1.17. The van der Waals surface area contributed by atoms with Crippen LogP contribution in [0.25, 0.3) is 0 Å². The predicted octanol–water partition coefficient (Wildman–Crippen LogP) is 3.49. The van der Waals surface area contributed by atoms with Gasteiger partial charge in [-0.15, -0.1) is 0 Å². The molecule has 1 N–H and O–H groups in total. The summed E-state index contributed by atoms with van der Waals surface area (Å²) >= 11 is 12.0. The van der Waals surface area contributed by atoms with E-state index in [-0.39, 0.29) is 5.54 Å². The van der Waals surface area contributed by atoms with Crippen LogP contribution in [0.2, 0.25) is 10.0 Å². The highest BCUT2D eigenvalue weighted by molar-refractivity contribution is 7.85. The summed E-state index contributed by atoms with van der Waals surface area (Å²) in [7, 11) is -1.17. The van der Waals surface area contributed by atoms with E-state index in [1.54, 1.807) is 18.2 Å². The van der Waals surface area contributed by atoms with Gasteiger partial charge in [0.2, 0.25) is 0 Å². The van der Waals surface area contributed by atoms with Crippen molar-refractivity contribution >= 4 is 34.0 Å². The van der Waals surface area contributed by atoms with Crippen molar-refractivity contribution in [3.05, 3.63) is 28.2 Å². The first-order valence-corrected chi connectivity index (χ1v) is 7.46. The maximum absolute atomic E-state index is 12.1. The first-order chi connectivity index (χ1) is 7.81. The van der Waals surface area contributed by atoms with Crippen LogP contribution in [-0.2, 0) is 10.8 Å². The van der Waals surface area contributed by atoms with Crippen LogP contribution in [-0.4, -0.2) is 22.0 Å².